The van der Waals surface area contributed by atoms with Gasteiger partial charge in [-0.2, -0.15) is 9.97 Å². The second-order valence-electron chi connectivity index (χ2n) is 6.36. The number of amides is 1. The molecule has 1 aromatic carbocycles. The molecule has 1 aliphatic heterocycles. The van der Waals surface area contributed by atoms with Crippen LogP contribution in [0.3, 0.4) is 0 Å². The van der Waals surface area contributed by atoms with Gasteiger partial charge in [0.2, 0.25) is 0 Å². The molecular formula is C18H18ClN5O2S. The van der Waals surface area contributed by atoms with Crippen LogP contribution >= 0.6 is 22.9 Å². The maximum atomic E-state index is 11.7. The molecule has 7 nitrogen and oxygen atoms in total. The third kappa shape index (κ3) is 3.55. The standard InChI is InChI=1S/C18H18ClN5O2S/c19-10-4-1-3-9(7-10)14-12-13(20)15(16(21)25)27-17(12)24-18(23-14)26-8-11-5-2-6-22-11/h1,3-4,7,11,22H,2,5-6,8,20H2,(H2,21,25)/t11-/m0/s1. The number of halogens is 1. The van der Waals surface area contributed by atoms with Gasteiger partial charge in [-0.25, -0.2) is 0 Å². The van der Waals surface area contributed by atoms with E-state index in [-0.39, 0.29) is 22.6 Å². The fourth-order valence-electron chi connectivity index (χ4n) is 3.17. The molecule has 140 valence electrons. The van der Waals surface area contributed by atoms with Gasteiger partial charge in [0.1, 0.15) is 16.3 Å². The number of thiophene rings is 1. The molecule has 1 amide bonds. The average Bonchev–Trinajstić information content (AvgIpc) is 3.27. The summed E-state index contributed by atoms with van der Waals surface area (Å²) in [4.78, 5) is 21.5. The molecule has 0 unspecified atom stereocenters. The number of hydrogen-bond donors (Lipinski definition) is 3. The first-order valence-corrected chi connectivity index (χ1v) is 9.74. The molecule has 3 heterocycles. The Morgan fingerprint density at radius 2 is 2.26 bits per heavy atom. The summed E-state index contributed by atoms with van der Waals surface area (Å²) in [6, 6.07) is 7.78. The molecule has 5 N–H and O–H groups in total. The monoisotopic (exact) mass is 403 g/mol. The Hall–Kier alpha value is -2.42. The van der Waals surface area contributed by atoms with Gasteiger partial charge in [-0.1, -0.05) is 23.7 Å². The zero-order valence-corrected chi connectivity index (χ0v) is 15.9. The van der Waals surface area contributed by atoms with Crippen molar-refractivity contribution in [1.29, 1.82) is 0 Å². The predicted octanol–water partition coefficient (Wildman–Crippen LogP) is 2.82. The summed E-state index contributed by atoms with van der Waals surface area (Å²) in [7, 11) is 0. The summed E-state index contributed by atoms with van der Waals surface area (Å²) in [6.45, 7) is 1.47. The molecule has 1 atom stereocenters. The number of aromatic nitrogens is 2. The fraction of sp³-hybridized carbons (Fsp3) is 0.278. The lowest BCUT2D eigenvalue weighted by atomic mass is 10.1. The topological polar surface area (TPSA) is 116 Å². The molecule has 0 saturated carbocycles. The number of carbonyl (C=O) groups is 1. The summed E-state index contributed by atoms with van der Waals surface area (Å²) in [5, 5.41) is 4.53. The zero-order valence-electron chi connectivity index (χ0n) is 14.4. The van der Waals surface area contributed by atoms with Crippen molar-refractivity contribution >= 4 is 44.7 Å². The van der Waals surface area contributed by atoms with Crippen LogP contribution in [0.15, 0.2) is 24.3 Å². The van der Waals surface area contributed by atoms with Crippen LogP contribution in [0.5, 0.6) is 6.01 Å². The van der Waals surface area contributed by atoms with E-state index < -0.39 is 5.91 Å². The quantitative estimate of drug-likeness (QED) is 0.603. The lowest BCUT2D eigenvalue weighted by molar-refractivity contribution is 0.100. The van der Waals surface area contributed by atoms with E-state index >= 15 is 0 Å². The summed E-state index contributed by atoms with van der Waals surface area (Å²) < 4.78 is 5.83. The average molecular weight is 404 g/mol. The molecule has 0 spiro atoms. The van der Waals surface area contributed by atoms with Crippen LogP contribution in [-0.4, -0.2) is 35.1 Å². The minimum atomic E-state index is -0.592. The van der Waals surface area contributed by atoms with Gasteiger partial charge in [0.05, 0.1) is 16.8 Å². The van der Waals surface area contributed by atoms with E-state index in [0.717, 1.165) is 36.3 Å². The van der Waals surface area contributed by atoms with Gasteiger partial charge < -0.3 is 21.5 Å². The van der Waals surface area contributed by atoms with E-state index in [1.54, 1.807) is 12.1 Å². The van der Waals surface area contributed by atoms with Crippen LogP contribution in [-0.2, 0) is 0 Å². The van der Waals surface area contributed by atoms with E-state index in [4.69, 9.17) is 27.8 Å². The summed E-state index contributed by atoms with van der Waals surface area (Å²) in [5.74, 6) is -0.592. The molecule has 0 aliphatic carbocycles. The number of benzene rings is 1. The van der Waals surface area contributed by atoms with Crippen LogP contribution in [0.4, 0.5) is 5.69 Å². The predicted molar refractivity (Wildman–Crippen MR) is 107 cm³/mol. The molecule has 3 aromatic rings. The Balaban J connectivity index is 1.82. The van der Waals surface area contributed by atoms with Crippen LogP contribution in [0.1, 0.15) is 22.5 Å². The van der Waals surface area contributed by atoms with Gasteiger partial charge in [0.25, 0.3) is 5.91 Å². The number of primary amides is 1. The number of fused-ring (bicyclic) bond motifs is 1. The Labute approximate surface area is 164 Å². The highest BCUT2D eigenvalue weighted by Gasteiger charge is 2.22. The number of nitrogen functional groups attached to an aromatic ring is 1. The number of nitrogens with one attached hydrogen (secondary N) is 1. The first-order chi connectivity index (χ1) is 13.0. The normalized spacial score (nSPS) is 16.7. The highest BCUT2D eigenvalue weighted by Crippen LogP contribution is 2.39. The summed E-state index contributed by atoms with van der Waals surface area (Å²) in [5.41, 5.74) is 13.2. The van der Waals surface area contributed by atoms with Gasteiger partial charge in [0.15, 0.2) is 0 Å². The largest absolute Gasteiger partial charge is 0.462 e. The van der Waals surface area contributed by atoms with Gasteiger partial charge in [-0.15, -0.1) is 11.3 Å². The van der Waals surface area contributed by atoms with Crippen molar-refractivity contribution in [1.82, 2.24) is 15.3 Å². The van der Waals surface area contributed by atoms with Crippen LogP contribution in [0.2, 0.25) is 5.02 Å². The number of nitrogens with two attached hydrogens (primary N) is 2. The SMILES string of the molecule is NC(=O)c1sc2nc(OC[C@@H]3CCCN3)nc(-c3cccc(Cl)c3)c2c1N. The van der Waals surface area contributed by atoms with Crippen molar-refractivity contribution in [2.45, 2.75) is 18.9 Å². The zero-order chi connectivity index (χ0) is 19.0. The van der Waals surface area contributed by atoms with Crippen molar-refractivity contribution in [3.63, 3.8) is 0 Å². The van der Waals surface area contributed by atoms with Crippen molar-refractivity contribution in [3.8, 4) is 17.3 Å². The second-order valence-corrected chi connectivity index (χ2v) is 7.79. The van der Waals surface area contributed by atoms with Crippen LogP contribution in [0.25, 0.3) is 21.5 Å². The number of hydrogen-bond acceptors (Lipinski definition) is 7. The number of anilines is 1. The lowest BCUT2D eigenvalue weighted by Gasteiger charge is -2.12. The number of carbonyl (C=O) groups excluding carboxylic acids is 1. The fourth-order valence-corrected chi connectivity index (χ4v) is 4.30. The number of nitrogens with zero attached hydrogens (tertiary/aromatic N) is 2. The van der Waals surface area contributed by atoms with Gasteiger partial charge >= 0.3 is 6.01 Å². The molecule has 0 radical (unpaired) electrons. The minimum absolute atomic E-state index is 0.239. The Kier molecular flexibility index (Phi) is 4.86. The third-order valence-corrected chi connectivity index (χ3v) is 5.81. The van der Waals surface area contributed by atoms with E-state index in [0.29, 0.717) is 27.5 Å². The molecule has 0 bridgehead atoms. The molecule has 1 saturated heterocycles. The van der Waals surface area contributed by atoms with Crippen LogP contribution < -0.4 is 21.5 Å². The first kappa shape index (κ1) is 18.0. The highest BCUT2D eigenvalue weighted by atomic mass is 35.5. The highest BCUT2D eigenvalue weighted by molar-refractivity contribution is 7.21. The van der Waals surface area contributed by atoms with Crippen molar-refractivity contribution in [2.24, 2.45) is 5.73 Å². The third-order valence-electron chi connectivity index (χ3n) is 4.47. The Morgan fingerprint density at radius 3 is 2.96 bits per heavy atom. The lowest BCUT2D eigenvalue weighted by Crippen LogP contribution is -2.28. The number of rotatable bonds is 5. The molecule has 4 rings (SSSR count). The van der Waals surface area contributed by atoms with Gasteiger partial charge in [-0.05, 0) is 31.5 Å². The minimum Gasteiger partial charge on any atom is -0.462 e. The van der Waals surface area contributed by atoms with Gasteiger partial charge in [-0.3, -0.25) is 4.79 Å². The van der Waals surface area contributed by atoms with E-state index in [9.17, 15) is 4.79 Å². The van der Waals surface area contributed by atoms with E-state index in [2.05, 4.69) is 15.3 Å². The van der Waals surface area contributed by atoms with Crippen LogP contribution in [0, 0.1) is 0 Å². The van der Waals surface area contributed by atoms with Crippen molar-refractivity contribution < 1.29 is 9.53 Å². The Morgan fingerprint density at radius 1 is 1.41 bits per heavy atom. The molecule has 2 aromatic heterocycles. The maximum Gasteiger partial charge on any atom is 0.318 e. The van der Waals surface area contributed by atoms with Crippen molar-refractivity contribution in [2.75, 3.05) is 18.9 Å². The number of ether oxygens (including phenoxy) is 1. The molecule has 9 heteroatoms. The molecule has 27 heavy (non-hydrogen) atoms. The maximum absolute atomic E-state index is 11.7. The van der Waals surface area contributed by atoms with Crippen molar-refractivity contribution in [3.05, 3.63) is 34.2 Å². The smallest absolute Gasteiger partial charge is 0.318 e. The van der Waals surface area contributed by atoms with E-state index in [1.807, 2.05) is 12.1 Å². The Bertz CT molecular complexity index is 1020. The summed E-state index contributed by atoms with van der Waals surface area (Å²) in [6.07, 6.45) is 2.19. The first-order valence-electron chi connectivity index (χ1n) is 8.55. The second kappa shape index (κ2) is 7.30. The molecule has 1 aliphatic rings. The molecule has 1 fully saturated rings. The van der Waals surface area contributed by atoms with Gasteiger partial charge in [0, 0.05) is 16.6 Å². The van der Waals surface area contributed by atoms with E-state index in [1.165, 1.54) is 0 Å². The summed E-state index contributed by atoms with van der Waals surface area (Å²) >= 11 is 7.28. The molecular weight excluding hydrogens is 386 g/mol.